The van der Waals surface area contributed by atoms with Crippen molar-refractivity contribution >= 4 is 23.4 Å². The van der Waals surface area contributed by atoms with E-state index in [2.05, 4.69) is 0 Å². The van der Waals surface area contributed by atoms with Crippen LogP contribution in [0, 0.1) is 0 Å². The van der Waals surface area contributed by atoms with Crippen molar-refractivity contribution in [2.45, 2.75) is 5.75 Å². The summed E-state index contributed by atoms with van der Waals surface area (Å²) in [5.41, 5.74) is 1.22. The molecule has 0 bridgehead atoms. The molecule has 0 fully saturated rings. The number of hydrogen-bond donors (Lipinski definition) is 1. The average molecular weight is 203 g/mol. The predicted molar refractivity (Wildman–Crippen MR) is 55.0 cm³/mol. The Kier molecular flexibility index (Phi) is 4.33. The summed E-state index contributed by atoms with van der Waals surface area (Å²) >= 11 is 7.33. The van der Waals surface area contributed by atoms with Gasteiger partial charge in [0.15, 0.2) is 0 Å². The van der Waals surface area contributed by atoms with Gasteiger partial charge in [0, 0.05) is 17.4 Å². The Hall–Kier alpha value is -0.340. The molecule has 1 aromatic rings. The van der Waals surface area contributed by atoms with E-state index in [0.717, 1.165) is 11.5 Å². The molecule has 0 heterocycles. The van der Waals surface area contributed by atoms with E-state index >= 15 is 0 Å². The Bertz CT molecular complexity index is 222. The van der Waals surface area contributed by atoms with E-state index in [4.69, 9.17) is 16.7 Å². The molecule has 66 valence electrons. The van der Waals surface area contributed by atoms with Gasteiger partial charge in [-0.1, -0.05) is 12.1 Å². The molecule has 0 amide bonds. The molecule has 1 nitrogen and oxygen atoms in total. The Morgan fingerprint density at radius 1 is 1.25 bits per heavy atom. The first kappa shape index (κ1) is 9.75. The second kappa shape index (κ2) is 5.33. The van der Waals surface area contributed by atoms with Crippen LogP contribution in [0.2, 0.25) is 0 Å². The highest BCUT2D eigenvalue weighted by Gasteiger charge is 1.92. The van der Waals surface area contributed by atoms with Crippen LogP contribution in [0.4, 0.5) is 0 Å². The number of hydrogen-bond acceptors (Lipinski definition) is 2. The maximum atomic E-state index is 9.00. The van der Waals surface area contributed by atoms with Crippen LogP contribution in [0.5, 0.6) is 5.75 Å². The third-order valence-electron chi connectivity index (χ3n) is 1.43. The van der Waals surface area contributed by atoms with E-state index < -0.39 is 0 Å². The largest absolute Gasteiger partial charge is 0.508 e. The molecular formula is C9H11ClOS. The van der Waals surface area contributed by atoms with Gasteiger partial charge in [-0.2, -0.15) is 11.8 Å². The lowest BCUT2D eigenvalue weighted by Gasteiger charge is -1.99. The van der Waals surface area contributed by atoms with E-state index in [-0.39, 0.29) is 0 Å². The molecule has 0 aliphatic heterocycles. The van der Waals surface area contributed by atoms with Crippen molar-refractivity contribution in [2.24, 2.45) is 0 Å². The molecule has 0 aromatic heterocycles. The molecule has 0 saturated carbocycles. The highest BCUT2D eigenvalue weighted by Crippen LogP contribution is 2.15. The van der Waals surface area contributed by atoms with Crippen LogP contribution < -0.4 is 0 Å². The molecule has 0 unspecified atom stereocenters. The molecule has 0 aliphatic rings. The van der Waals surface area contributed by atoms with Gasteiger partial charge in [0.2, 0.25) is 0 Å². The highest BCUT2D eigenvalue weighted by molar-refractivity contribution is 7.98. The molecule has 0 radical (unpaired) electrons. The predicted octanol–water partition coefficient (Wildman–Crippen LogP) is 2.86. The average Bonchev–Trinajstić information content (AvgIpc) is 2.09. The van der Waals surface area contributed by atoms with E-state index in [9.17, 15) is 0 Å². The van der Waals surface area contributed by atoms with Crippen LogP contribution in [0.15, 0.2) is 24.3 Å². The first-order valence-corrected chi connectivity index (χ1v) is 5.43. The first-order chi connectivity index (χ1) is 5.83. The normalized spacial score (nSPS) is 10.1. The number of alkyl halides is 1. The van der Waals surface area contributed by atoms with Gasteiger partial charge in [-0.25, -0.2) is 0 Å². The zero-order chi connectivity index (χ0) is 8.81. The quantitative estimate of drug-likeness (QED) is 0.599. The van der Waals surface area contributed by atoms with Crippen LogP contribution in [-0.2, 0) is 5.75 Å². The topological polar surface area (TPSA) is 20.2 Å². The fourth-order valence-corrected chi connectivity index (χ4v) is 1.85. The third-order valence-corrected chi connectivity index (χ3v) is 2.87. The number of phenolic OH excluding ortho intramolecular Hbond substituents is 1. The van der Waals surface area contributed by atoms with Gasteiger partial charge < -0.3 is 5.11 Å². The molecule has 3 heteroatoms. The van der Waals surface area contributed by atoms with Crippen molar-refractivity contribution in [3.05, 3.63) is 29.8 Å². The third kappa shape index (κ3) is 3.37. The summed E-state index contributed by atoms with van der Waals surface area (Å²) in [6.45, 7) is 0. The highest BCUT2D eigenvalue weighted by atomic mass is 35.5. The second-order valence-corrected chi connectivity index (χ2v) is 3.89. The Labute approximate surface area is 81.7 Å². The zero-order valence-corrected chi connectivity index (χ0v) is 8.24. The van der Waals surface area contributed by atoms with Crippen molar-refractivity contribution in [2.75, 3.05) is 11.6 Å². The smallest absolute Gasteiger partial charge is 0.115 e. The van der Waals surface area contributed by atoms with Crippen LogP contribution in [0.3, 0.4) is 0 Å². The van der Waals surface area contributed by atoms with E-state index in [1.807, 2.05) is 12.1 Å². The zero-order valence-electron chi connectivity index (χ0n) is 6.66. The minimum atomic E-state index is 0.320. The van der Waals surface area contributed by atoms with Crippen molar-refractivity contribution < 1.29 is 5.11 Å². The summed E-state index contributed by atoms with van der Waals surface area (Å²) in [6.07, 6.45) is 0. The van der Waals surface area contributed by atoms with Gasteiger partial charge in [-0.05, 0) is 17.7 Å². The van der Waals surface area contributed by atoms with Gasteiger partial charge >= 0.3 is 0 Å². The van der Waals surface area contributed by atoms with Gasteiger partial charge in [0.1, 0.15) is 5.75 Å². The lowest BCUT2D eigenvalue weighted by atomic mass is 10.2. The summed E-state index contributed by atoms with van der Waals surface area (Å²) in [7, 11) is 0. The molecule has 1 aromatic carbocycles. The van der Waals surface area contributed by atoms with Crippen molar-refractivity contribution in [3.63, 3.8) is 0 Å². The van der Waals surface area contributed by atoms with Crippen LogP contribution in [0.1, 0.15) is 5.56 Å². The number of phenols is 1. The fraction of sp³-hybridized carbons (Fsp3) is 0.333. The minimum Gasteiger partial charge on any atom is -0.508 e. The molecule has 1 N–H and O–H groups in total. The summed E-state index contributed by atoms with van der Waals surface area (Å²) in [5.74, 6) is 2.96. The standard InChI is InChI=1S/C9H11ClOS/c10-5-6-12-7-8-1-3-9(11)4-2-8/h1-4,11H,5-7H2. The summed E-state index contributed by atoms with van der Waals surface area (Å²) < 4.78 is 0. The Balaban J connectivity index is 2.37. The van der Waals surface area contributed by atoms with E-state index in [1.54, 1.807) is 23.9 Å². The fourth-order valence-electron chi connectivity index (χ4n) is 0.837. The van der Waals surface area contributed by atoms with Gasteiger partial charge in [-0.15, -0.1) is 11.6 Å². The molecule has 0 aliphatic carbocycles. The van der Waals surface area contributed by atoms with Crippen molar-refractivity contribution in [3.8, 4) is 5.75 Å². The molecule has 0 spiro atoms. The van der Waals surface area contributed by atoms with Crippen molar-refractivity contribution in [1.82, 2.24) is 0 Å². The maximum Gasteiger partial charge on any atom is 0.115 e. The second-order valence-electron chi connectivity index (χ2n) is 2.41. The molecule has 0 atom stereocenters. The molecule has 12 heavy (non-hydrogen) atoms. The van der Waals surface area contributed by atoms with Crippen LogP contribution in [-0.4, -0.2) is 16.7 Å². The number of halogens is 1. The monoisotopic (exact) mass is 202 g/mol. The SMILES string of the molecule is Oc1ccc(CSCCCl)cc1. The van der Waals surface area contributed by atoms with Crippen LogP contribution in [0.25, 0.3) is 0 Å². The van der Waals surface area contributed by atoms with E-state index in [1.165, 1.54) is 5.56 Å². The summed E-state index contributed by atoms with van der Waals surface area (Å²) in [4.78, 5) is 0. The summed E-state index contributed by atoms with van der Waals surface area (Å²) in [6, 6.07) is 7.26. The number of thioether (sulfide) groups is 1. The molecule has 1 rings (SSSR count). The molecular weight excluding hydrogens is 192 g/mol. The Morgan fingerprint density at radius 3 is 2.50 bits per heavy atom. The van der Waals surface area contributed by atoms with Crippen LogP contribution >= 0.6 is 23.4 Å². The lowest BCUT2D eigenvalue weighted by molar-refractivity contribution is 0.475. The van der Waals surface area contributed by atoms with Gasteiger partial charge in [0.05, 0.1) is 0 Å². The number of rotatable bonds is 4. The maximum absolute atomic E-state index is 9.00. The first-order valence-electron chi connectivity index (χ1n) is 3.74. The number of aromatic hydroxyl groups is 1. The number of benzene rings is 1. The Morgan fingerprint density at radius 2 is 1.92 bits per heavy atom. The van der Waals surface area contributed by atoms with Gasteiger partial charge in [-0.3, -0.25) is 0 Å². The summed E-state index contributed by atoms with van der Waals surface area (Å²) in [5, 5.41) is 9.00. The van der Waals surface area contributed by atoms with Gasteiger partial charge in [0.25, 0.3) is 0 Å². The van der Waals surface area contributed by atoms with E-state index in [0.29, 0.717) is 11.6 Å². The molecule has 0 saturated heterocycles. The van der Waals surface area contributed by atoms with Crippen molar-refractivity contribution in [1.29, 1.82) is 0 Å². The lowest BCUT2D eigenvalue weighted by Crippen LogP contribution is -1.83. The minimum absolute atomic E-state index is 0.320.